The van der Waals surface area contributed by atoms with Gasteiger partial charge in [-0.1, -0.05) is 0 Å². The average molecular weight is 347 g/mol. The van der Waals surface area contributed by atoms with Crippen molar-refractivity contribution in [1.82, 2.24) is 9.55 Å². The highest BCUT2D eigenvalue weighted by Gasteiger charge is 2.17. The Bertz CT molecular complexity index is 827. The van der Waals surface area contributed by atoms with Crippen molar-refractivity contribution in [3.63, 3.8) is 0 Å². The van der Waals surface area contributed by atoms with Crippen LogP contribution in [0.4, 0.5) is 0 Å². The Morgan fingerprint density at radius 1 is 1.14 bits per heavy atom. The predicted octanol–water partition coefficient (Wildman–Crippen LogP) is 3.26. The molecule has 4 rings (SSSR count). The van der Waals surface area contributed by atoms with Gasteiger partial charge in [-0.05, 0) is 40.2 Å². The maximum atomic E-state index is 10.4. The van der Waals surface area contributed by atoms with Crippen LogP contribution in [0.25, 0.3) is 16.6 Å². The maximum absolute atomic E-state index is 10.4. The number of halogens is 1. The molecule has 6 heteroatoms. The summed E-state index contributed by atoms with van der Waals surface area (Å²) in [5.74, 6) is 2.14. The molecule has 2 aromatic heterocycles. The Morgan fingerprint density at radius 2 is 1.90 bits per heavy atom. The van der Waals surface area contributed by atoms with Crippen LogP contribution in [0.15, 0.2) is 41.1 Å². The Labute approximate surface area is 128 Å². The van der Waals surface area contributed by atoms with Gasteiger partial charge in [0.05, 0.1) is 0 Å². The van der Waals surface area contributed by atoms with Crippen molar-refractivity contribution in [2.24, 2.45) is 0 Å². The molecule has 1 aliphatic rings. The van der Waals surface area contributed by atoms with Gasteiger partial charge in [0.2, 0.25) is 5.88 Å². The lowest BCUT2D eigenvalue weighted by atomic mass is 10.2. The number of ether oxygens (including phenoxy) is 2. The van der Waals surface area contributed by atoms with Crippen LogP contribution in [0, 0.1) is 0 Å². The minimum absolute atomic E-state index is 0.136. The molecule has 0 saturated heterocycles. The minimum Gasteiger partial charge on any atom is -0.494 e. The molecule has 0 saturated carbocycles. The molecule has 0 atom stereocenters. The van der Waals surface area contributed by atoms with Crippen LogP contribution in [0.1, 0.15) is 0 Å². The van der Waals surface area contributed by atoms with E-state index in [1.807, 2.05) is 24.4 Å². The summed E-state index contributed by atoms with van der Waals surface area (Å²) in [4.78, 5) is 4.30. The smallest absolute Gasteiger partial charge is 0.205 e. The van der Waals surface area contributed by atoms with E-state index in [2.05, 4.69) is 20.9 Å². The number of aromatic nitrogens is 2. The number of pyridine rings is 1. The topological polar surface area (TPSA) is 56.5 Å². The van der Waals surface area contributed by atoms with Crippen molar-refractivity contribution in [2.75, 3.05) is 13.2 Å². The van der Waals surface area contributed by atoms with Gasteiger partial charge in [0.15, 0.2) is 11.5 Å². The van der Waals surface area contributed by atoms with Gasteiger partial charge in [0.1, 0.15) is 19.0 Å². The second-order valence-corrected chi connectivity index (χ2v) is 5.66. The average Bonchev–Trinajstić information content (AvgIpc) is 2.82. The second kappa shape index (κ2) is 4.66. The summed E-state index contributed by atoms with van der Waals surface area (Å²) in [6.45, 7) is 1.06. The summed E-state index contributed by atoms with van der Waals surface area (Å²) in [5, 5.41) is 12.0. The molecule has 0 bridgehead atoms. The third-order valence-corrected chi connectivity index (χ3v) is 3.88. The molecule has 5 nitrogen and oxygen atoms in total. The summed E-state index contributed by atoms with van der Waals surface area (Å²) in [6.07, 6.45) is 3.52. The van der Waals surface area contributed by atoms with Crippen LogP contribution in [0.3, 0.4) is 0 Å². The fraction of sp³-hybridized carbons (Fsp3) is 0.133. The van der Waals surface area contributed by atoms with Crippen LogP contribution in [0.5, 0.6) is 17.4 Å². The molecule has 1 aliphatic heterocycles. The van der Waals surface area contributed by atoms with Crippen LogP contribution < -0.4 is 9.47 Å². The Hall–Kier alpha value is -2.21. The number of hydrogen-bond acceptors (Lipinski definition) is 4. The molecule has 0 fully saturated rings. The van der Waals surface area contributed by atoms with Gasteiger partial charge in [0.25, 0.3) is 0 Å². The number of hydrogen-bond donors (Lipinski definition) is 1. The van der Waals surface area contributed by atoms with Crippen molar-refractivity contribution >= 4 is 26.7 Å². The quantitative estimate of drug-likeness (QED) is 0.734. The van der Waals surface area contributed by atoms with E-state index in [0.717, 1.165) is 9.86 Å². The first-order chi connectivity index (χ1) is 10.2. The first-order valence-electron chi connectivity index (χ1n) is 6.48. The molecule has 3 aromatic rings. The van der Waals surface area contributed by atoms with Gasteiger partial charge in [-0.15, -0.1) is 0 Å². The third kappa shape index (κ3) is 2.03. The van der Waals surface area contributed by atoms with E-state index in [-0.39, 0.29) is 5.88 Å². The standard InChI is InChI=1S/C15H11BrN2O3/c16-10-1-2-14(17-7-10)18-8-9-5-12-13(21-4-3-20-12)6-11(9)15(18)19/h1-2,5-8,19H,3-4H2. The highest BCUT2D eigenvalue weighted by molar-refractivity contribution is 9.10. The van der Waals surface area contributed by atoms with E-state index >= 15 is 0 Å². The summed E-state index contributed by atoms with van der Waals surface area (Å²) in [6, 6.07) is 7.38. The molecular formula is C15H11BrN2O3. The Balaban J connectivity index is 1.91. The fourth-order valence-corrected chi connectivity index (χ4v) is 2.65. The molecule has 3 heterocycles. The number of aromatic hydroxyl groups is 1. The molecule has 0 aliphatic carbocycles. The van der Waals surface area contributed by atoms with Crippen molar-refractivity contribution in [3.8, 4) is 23.2 Å². The van der Waals surface area contributed by atoms with Gasteiger partial charge in [-0.3, -0.25) is 4.57 Å². The number of rotatable bonds is 1. The second-order valence-electron chi connectivity index (χ2n) is 4.74. The van der Waals surface area contributed by atoms with E-state index < -0.39 is 0 Å². The first-order valence-corrected chi connectivity index (χ1v) is 7.27. The molecule has 106 valence electrons. The van der Waals surface area contributed by atoms with E-state index in [9.17, 15) is 5.11 Å². The van der Waals surface area contributed by atoms with Gasteiger partial charge in [-0.25, -0.2) is 4.98 Å². The lowest BCUT2D eigenvalue weighted by Crippen LogP contribution is -2.14. The Kier molecular flexibility index (Phi) is 2.78. The zero-order chi connectivity index (χ0) is 14.4. The Morgan fingerprint density at radius 3 is 2.62 bits per heavy atom. The van der Waals surface area contributed by atoms with Crippen molar-refractivity contribution < 1.29 is 14.6 Å². The van der Waals surface area contributed by atoms with Gasteiger partial charge >= 0.3 is 0 Å². The van der Waals surface area contributed by atoms with Crippen LogP contribution in [-0.2, 0) is 0 Å². The molecule has 0 spiro atoms. The van der Waals surface area contributed by atoms with Crippen LogP contribution in [0.2, 0.25) is 0 Å². The normalized spacial score (nSPS) is 13.6. The lowest BCUT2D eigenvalue weighted by Gasteiger charge is -2.18. The van der Waals surface area contributed by atoms with E-state index in [0.29, 0.717) is 35.9 Å². The van der Waals surface area contributed by atoms with Crippen LogP contribution in [-0.4, -0.2) is 27.9 Å². The van der Waals surface area contributed by atoms with E-state index in [1.54, 1.807) is 16.8 Å². The molecule has 1 aromatic carbocycles. The number of nitrogens with zero attached hydrogens (tertiary/aromatic N) is 2. The van der Waals surface area contributed by atoms with Crippen LogP contribution >= 0.6 is 15.9 Å². The summed E-state index contributed by atoms with van der Waals surface area (Å²) in [5.41, 5.74) is 0. The highest BCUT2D eigenvalue weighted by Crippen LogP contribution is 2.39. The monoisotopic (exact) mass is 346 g/mol. The summed E-state index contributed by atoms with van der Waals surface area (Å²) >= 11 is 3.35. The molecule has 1 N–H and O–H groups in total. The minimum atomic E-state index is 0.136. The van der Waals surface area contributed by atoms with Crippen molar-refractivity contribution in [3.05, 3.63) is 41.1 Å². The predicted molar refractivity (Wildman–Crippen MR) is 81.4 cm³/mol. The molecular weight excluding hydrogens is 336 g/mol. The zero-order valence-electron chi connectivity index (χ0n) is 10.9. The van der Waals surface area contributed by atoms with E-state index in [1.165, 1.54) is 0 Å². The van der Waals surface area contributed by atoms with Gasteiger partial charge in [0, 0.05) is 27.6 Å². The van der Waals surface area contributed by atoms with Gasteiger partial charge < -0.3 is 14.6 Å². The molecule has 0 unspecified atom stereocenters. The maximum Gasteiger partial charge on any atom is 0.205 e. The highest BCUT2D eigenvalue weighted by atomic mass is 79.9. The summed E-state index contributed by atoms with van der Waals surface area (Å²) in [7, 11) is 0. The van der Waals surface area contributed by atoms with Gasteiger partial charge in [-0.2, -0.15) is 0 Å². The fourth-order valence-electron chi connectivity index (χ4n) is 2.42. The zero-order valence-corrected chi connectivity index (χ0v) is 12.5. The molecule has 0 radical (unpaired) electrons. The molecule has 0 amide bonds. The number of fused-ring (bicyclic) bond motifs is 2. The molecule has 21 heavy (non-hydrogen) atoms. The van der Waals surface area contributed by atoms with Crippen molar-refractivity contribution in [1.29, 1.82) is 0 Å². The summed E-state index contributed by atoms with van der Waals surface area (Å²) < 4.78 is 13.6. The number of benzene rings is 1. The van der Waals surface area contributed by atoms with E-state index in [4.69, 9.17) is 9.47 Å². The van der Waals surface area contributed by atoms with Crippen molar-refractivity contribution in [2.45, 2.75) is 0 Å². The largest absolute Gasteiger partial charge is 0.494 e. The first kappa shape index (κ1) is 12.5. The third-order valence-electron chi connectivity index (χ3n) is 3.41. The lowest BCUT2D eigenvalue weighted by molar-refractivity contribution is 0.172. The SMILES string of the molecule is Oc1c2cc3c(cc2cn1-c1ccc(Br)cn1)OCCO3.